The van der Waals surface area contributed by atoms with Crippen LogP contribution in [0.25, 0.3) is 11.0 Å². The number of aliphatic hydroxyl groups is 1. The van der Waals surface area contributed by atoms with Gasteiger partial charge in [-0.15, -0.1) is 0 Å². The smallest absolute Gasteiger partial charge is 0.119 e. The molecule has 4 nitrogen and oxygen atoms in total. The van der Waals surface area contributed by atoms with E-state index in [4.69, 9.17) is 9.72 Å². The molecule has 23 heavy (non-hydrogen) atoms. The van der Waals surface area contributed by atoms with Gasteiger partial charge < -0.3 is 14.4 Å². The van der Waals surface area contributed by atoms with Crippen molar-refractivity contribution in [1.29, 1.82) is 0 Å². The largest absolute Gasteiger partial charge is 0.491 e. The minimum Gasteiger partial charge on any atom is -0.491 e. The highest BCUT2D eigenvalue weighted by molar-refractivity contribution is 5.76. The number of aromatic nitrogens is 2. The molecule has 0 aliphatic heterocycles. The van der Waals surface area contributed by atoms with Gasteiger partial charge in [0.25, 0.3) is 0 Å². The van der Waals surface area contributed by atoms with Crippen LogP contribution in [0.15, 0.2) is 54.6 Å². The van der Waals surface area contributed by atoms with Gasteiger partial charge in [-0.1, -0.05) is 44.2 Å². The lowest BCUT2D eigenvalue weighted by Gasteiger charge is -2.16. The van der Waals surface area contributed by atoms with E-state index in [1.54, 1.807) is 0 Å². The predicted octanol–water partition coefficient (Wildman–Crippen LogP) is 3.60. The second-order valence-corrected chi connectivity index (χ2v) is 6.00. The summed E-state index contributed by atoms with van der Waals surface area (Å²) >= 11 is 0. The molecular formula is C19H22N2O2. The fraction of sp³-hybridized carbons (Fsp3) is 0.316. The lowest BCUT2D eigenvalue weighted by molar-refractivity contribution is 0.0925. The van der Waals surface area contributed by atoms with Crippen LogP contribution in [-0.4, -0.2) is 27.4 Å². The van der Waals surface area contributed by atoms with Gasteiger partial charge in [-0.2, -0.15) is 0 Å². The number of rotatable bonds is 6. The highest BCUT2D eigenvalue weighted by Crippen LogP contribution is 2.22. The SMILES string of the molecule is CC(C)c1nc2ccccc2n1CC(O)COc1ccccc1. The van der Waals surface area contributed by atoms with Crippen LogP contribution in [0.5, 0.6) is 5.75 Å². The van der Waals surface area contributed by atoms with Gasteiger partial charge >= 0.3 is 0 Å². The summed E-state index contributed by atoms with van der Waals surface area (Å²) < 4.78 is 7.74. The molecule has 0 radical (unpaired) electrons. The first kappa shape index (κ1) is 15.6. The third kappa shape index (κ3) is 3.54. The Bertz CT molecular complexity index is 765. The maximum atomic E-state index is 10.4. The van der Waals surface area contributed by atoms with Gasteiger partial charge in [0, 0.05) is 5.92 Å². The average Bonchev–Trinajstić information content (AvgIpc) is 2.93. The Kier molecular flexibility index (Phi) is 4.63. The van der Waals surface area contributed by atoms with E-state index < -0.39 is 6.10 Å². The molecule has 2 aromatic carbocycles. The molecule has 120 valence electrons. The molecular weight excluding hydrogens is 288 g/mol. The van der Waals surface area contributed by atoms with Crippen molar-refractivity contribution in [2.24, 2.45) is 0 Å². The molecule has 1 atom stereocenters. The minimum atomic E-state index is -0.592. The van der Waals surface area contributed by atoms with Gasteiger partial charge in [-0.05, 0) is 24.3 Å². The molecule has 0 fully saturated rings. The maximum Gasteiger partial charge on any atom is 0.119 e. The summed E-state index contributed by atoms with van der Waals surface area (Å²) in [7, 11) is 0. The Labute approximate surface area is 136 Å². The van der Waals surface area contributed by atoms with E-state index in [2.05, 4.69) is 18.4 Å². The summed E-state index contributed by atoms with van der Waals surface area (Å²) in [6.45, 7) is 4.96. The van der Waals surface area contributed by atoms with Crippen LogP contribution in [0.4, 0.5) is 0 Å². The zero-order chi connectivity index (χ0) is 16.2. The number of aliphatic hydroxyl groups excluding tert-OH is 1. The molecule has 3 rings (SSSR count). The summed E-state index contributed by atoms with van der Waals surface area (Å²) in [6, 6.07) is 17.6. The van der Waals surface area contributed by atoms with Crippen LogP contribution in [0, 0.1) is 0 Å². The molecule has 3 aromatic rings. The van der Waals surface area contributed by atoms with E-state index in [0.717, 1.165) is 22.6 Å². The Balaban J connectivity index is 1.76. The molecule has 0 aliphatic rings. The highest BCUT2D eigenvalue weighted by atomic mass is 16.5. The molecule has 0 aliphatic carbocycles. The first-order valence-corrected chi connectivity index (χ1v) is 7.96. The number of imidazole rings is 1. The van der Waals surface area contributed by atoms with Crippen molar-refractivity contribution in [3.05, 3.63) is 60.4 Å². The quantitative estimate of drug-likeness (QED) is 0.757. The van der Waals surface area contributed by atoms with Crippen molar-refractivity contribution in [2.75, 3.05) is 6.61 Å². The standard InChI is InChI=1S/C19H22N2O2/c1-14(2)19-20-17-10-6-7-11-18(17)21(19)12-15(22)13-23-16-8-4-3-5-9-16/h3-11,14-15,22H,12-13H2,1-2H3. The Hall–Kier alpha value is -2.33. The number of ether oxygens (including phenoxy) is 1. The van der Waals surface area contributed by atoms with E-state index in [9.17, 15) is 5.11 Å². The normalized spacial score (nSPS) is 12.7. The summed E-state index contributed by atoms with van der Waals surface area (Å²) in [5.41, 5.74) is 2.02. The fourth-order valence-corrected chi connectivity index (χ4v) is 2.70. The predicted molar refractivity (Wildman–Crippen MR) is 91.8 cm³/mol. The summed E-state index contributed by atoms with van der Waals surface area (Å²) in [4.78, 5) is 4.69. The van der Waals surface area contributed by atoms with Crippen molar-refractivity contribution in [3.63, 3.8) is 0 Å². The van der Waals surface area contributed by atoms with Crippen LogP contribution in [-0.2, 0) is 6.54 Å². The zero-order valence-electron chi connectivity index (χ0n) is 13.5. The van der Waals surface area contributed by atoms with Crippen LogP contribution in [0.2, 0.25) is 0 Å². The summed E-state index contributed by atoms with van der Waals surface area (Å²) in [5, 5.41) is 10.4. The van der Waals surface area contributed by atoms with Gasteiger partial charge in [0.1, 0.15) is 24.3 Å². The van der Waals surface area contributed by atoms with Gasteiger partial charge in [-0.3, -0.25) is 0 Å². The lowest BCUT2D eigenvalue weighted by atomic mass is 10.2. The van der Waals surface area contributed by atoms with Gasteiger partial charge in [0.15, 0.2) is 0 Å². The van der Waals surface area contributed by atoms with E-state index in [1.165, 1.54) is 0 Å². The van der Waals surface area contributed by atoms with Crippen LogP contribution < -0.4 is 4.74 Å². The Morgan fingerprint density at radius 2 is 1.74 bits per heavy atom. The first-order chi connectivity index (χ1) is 11.1. The third-order valence-electron chi connectivity index (χ3n) is 3.78. The minimum absolute atomic E-state index is 0.258. The average molecular weight is 310 g/mol. The lowest BCUT2D eigenvalue weighted by Crippen LogP contribution is -2.24. The topological polar surface area (TPSA) is 47.3 Å². The highest BCUT2D eigenvalue weighted by Gasteiger charge is 2.16. The van der Waals surface area contributed by atoms with Crippen molar-refractivity contribution in [2.45, 2.75) is 32.4 Å². The van der Waals surface area contributed by atoms with Crippen molar-refractivity contribution in [3.8, 4) is 5.75 Å². The summed E-state index contributed by atoms with van der Waals surface area (Å²) in [5.74, 6) is 2.06. The number of hydrogen-bond donors (Lipinski definition) is 1. The molecule has 0 bridgehead atoms. The molecule has 0 spiro atoms. The van der Waals surface area contributed by atoms with Crippen LogP contribution >= 0.6 is 0 Å². The third-order valence-corrected chi connectivity index (χ3v) is 3.78. The first-order valence-electron chi connectivity index (χ1n) is 7.96. The molecule has 1 N–H and O–H groups in total. The number of para-hydroxylation sites is 3. The van der Waals surface area contributed by atoms with E-state index in [-0.39, 0.29) is 6.61 Å². The second kappa shape index (κ2) is 6.84. The molecule has 1 heterocycles. The number of nitrogens with zero attached hydrogens (tertiary/aromatic N) is 2. The van der Waals surface area contributed by atoms with Crippen LogP contribution in [0.1, 0.15) is 25.6 Å². The monoisotopic (exact) mass is 310 g/mol. The van der Waals surface area contributed by atoms with Gasteiger partial charge in [0.2, 0.25) is 0 Å². The molecule has 4 heteroatoms. The fourth-order valence-electron chi connectivity index (χ4n) is 2.70. The molecule has 0 saturated carbocycles. The Morgan fingerprint density at radius 3 is 2.48 bits per heavy atom. The van der Waals surface area contributed by atoms with E-state index >= 15 is 0 Å². The van der Waals surface area contributed by atoms with Crippen molar-refractivity contribution >= 4 is 11.0 Å². The molecule has 0 amide bonds. The van der Waals surface area contributed by atoms with Gasteiger partial charge in [0.05, 0.1) is 17.6 Å². The summed E-state index contributed by atoms with van der Waals surface area (Å²) in [6.07, 6.45) is -0.592. The molecule has 0 saturated heterocycles. The number of fused-ring (bicyclic) bond motifs is 1. The van der Waals surface area contributed by atoms with Crippen LogP contribution in [0.3, 0.4) is 0 Å². The molecule has 1 aromatic heterocycles. The Morgan fingerprint density at radius 1 is 1.04 bits per heavy atom. The van der Waals surface area contributed by atoms with Crippen molar-refractivity contribution < 1.29 is 9.84 Å². The van der Waals surface area contributed by atoms with Gasteiger partial charge in [-0.25, -0.2) is 4.98 Å². The van der Waals surface area contributed by atoms with E-state index in [1.807, 2.05) is 54.6 Å². The zero-order valence-corrected chi connectivity index (χ0v) is 13.5. The number of benzene rings is 2. The second-order valence-electron chi connectivity index (χ2n) is 6.00. The van der Waals surface area contributed by atoms with E-state index in [0.29, 0.717) is 12.5 Å². The maximum absolute atomic E-state index is 10.4. The van der Waals surface area contributed by atoms with Crippen molar-refractivity contribution in [1.82, 2.24) is 9.55 Å². The number of hydrogen-bond acceptors (Lipinski definition) is 3. The molecule has 1 unspecified atom stereocenters.